The van der Waals surface area contributed by atoms with Crippen molar-refractivity contribution in [2.24, 2.45) is 18.0 Å². The lowest BCUT2D eigenvalue weighted by Crippen LogP contribution is -2.48. The van der Waals surface area contributed by atoms with Crippen molar-refractivity contribution >= 4 is 5.96 Å². The Bertz CT molecular complexity index is 618. The first-order valence-electron chi connectivity index (χ1n) is 10.7. The fourth-order valence-electron chi connectivity index (χ4n) is 3.95. The van der Waals surface area contributed by atoms with Gasteiger partial charge in [0.05, 0.1) is 12.7 Å². The molecule has 2 fully saturated rings. The Labute approximate surface area is 168 Å². The van der Waals surface area contributed by atoms with Gasteiger partial charge in [-0.25, -0.2) is 4.99 Å². The van der Waals surface area contributed by atoms with Crippen LogP contribution < -0.4 is 5.32 Å². The first kappa shape index (κ1) is 21.0. The maximum Gasteiger partial charge on any atom is 0.194 e. The van der Waals surface area contributed by atoms with Crippen molar-refractivity contribution < 1.29 is 9.47 Å². The summed E-state index contributed by atoms with van der Waals surface area (Å²) in [7, 11) is 3.69. The van der Waals surface area contributed by atoms with Crippen LogP contribution in [0.5, 0.6) is 0 Å². The molecule has 2 heterocycles. The molecule has 8 nitrogen and oxygen atoms in total. The van der Waals surface area contributed by atoms with Gasteiger partial charge in [0.15, 0.2) is 11.8 Å². The van der Waals surface area contributed by atoms with Crippen molar-refractivity contribution in [3.63, 3.8) is 0 Å². The van der Waals surface area contributed by atoms with Crippen LogP contribution in [-0.4, -0.2) is 71.7 Å². The minimum absolute atomic E-state index is 0.387. The van der Waals surface area contributed by atoms with Crippen LogP contribution in [0.1, 0.15) is 50.2 Å². The molecule has 1 aliphatic heterocycles. The Morgan fingerprint density at radius 2 is 1.93 bits per heavy atom. The summed E-state index contributed by atoms with van der Waals surface area (Å²) in [6, 6.07) is 0. The molecule has 2 aliphatic rings. The Kier molecular flexibility index (Phi) is 8.09. The topological polar surface area (TPSA) is 76.8 Å². The number of hydrogen-bond donors (Lipinski definition) is 1. The molecular formula is C20H36N6O2. The highest BCUT2D eigenvalue weighted by Crippen LogP contribution is 2.26. The van der Waals surface area contributed by atoms with Gasteiger partial charge in [0.25, 0.3) is 0 Å². The fraction of sp³-hybridized carbons (Fsp3) is 0.850. The molecule has 1 aliphatic carbocycles. The average molecular weight is 393 g/mol. The highest BCUT2D eigenvalue weighted by Gasteiger charge is 2.24. The molecule has 3 rings (SSSR count). The van der Waals surface area contributed by atoms with E-state index >= 15 is 0 Å². The molecule has 0 unspecified atom stereocenters. The summed E-state index contributed by atoms with van der Waals surface area (Å²) >= 11 is 0. The van der Waals surface area contributed by atoms with Crippen LogP contribution >= 0.6 is 0 Å². The number of methoxy groups -OCH3 is 1. The number of rotatable bonds is 8. The number of nitrogens with zero attached hydrogens (tertiary/aromatic N) is 5. The van der Waals surface area contributed by atoms with E-state index in [0.717, 1.165) is 62.6 Å². The predicted octanol–water partition coefficient (Wildman–Crippen LogP) is 1.89. The van der Waals surface area contributed by atoms with Gasteiger partial charge in [0.2, 0.25) is 0 Å². The van der Waals surface area contributed by atoms with Gasteiger partial charge in [-0.15, -0.1) is 10.2 Å². The SMILES string of the molecule is COCCNC(=NCc1nnc(C)n1C)N1CCC(OCC2CCCC2)CC1. The minimum Gasteiger partial charge on any atom is -0.383 e. The molecule has 0 atom stereocenters. The third-order valence-corrected chi connectivity index (χ3v) is 5.93. The lowest BCUT2D eigenvalue weighted by atomic mass is 10.1. The summed E-state index contributed by atoms with van der Waals surface area (Å²) in [6.45, 7) is 6.74. The fourth-order valence-corrected chi connectivity index (χ4v) is 3.95. The second-order valence-corrected chi connectivity index (χ2v) is 7.95. The molecule has 1 saturated carbocycles. The molecule has 0 amide bonds. The second-order valence-electron chi connectivity index (χ2n) is 7.95. The molecule has 8 heteroatoms. The number of nitrogens with one attached hydrogen (secondary N) is 1. The molecule has 1 N–H and O–H groups in total. The Morgan fingerprint density at radius 1 is 1.18 bits per heavy atom. The molecule has 1 aromatic rings. The third kappa shape index (κ3) is 5.91. The zero-order chi connectivity index (χ0) is 19.8. The van der Waals surface area contributed by atoms with Gasteiger partial charge >= 0.3 is 0 Å². The zero-order valence-electron chi connectivity index (χ0n) is 17.7. The smallest absolute Gasteiger partial charge is 0.194 e. The van der Waals surface area contributed by atoms with Crippen LogP contribution in [0.25, 0.3) is 0 Å². The predicted molar refractivity (Wildman–Crippen MR) is 109 cm³/mol. The number of piperidine rings is 1. The summed E-state index contributed by atoms with van der Waals surface area (Å²) in [4.78, 5) is 7.14. The Hall–Kier alpha value is -1.67. The summed E-state index contributed by atoms with van der Waals surface area (Å²) in [6.07, 6.45) is 7.95. The number of ether oxygens (including phenoxy) is 2. The van der Waals surface area contributed by atoms with Gasteiger partial charge in [0.1, 0.15) is 12.4 Å². The van der Waals surface area contributed by atoms with Gasteiger partial charge in [-0.3, -0.25) is 0 Å². The van der Waals surface area contributed by atoms with Crippen LogP contribution in [0, 0.1) is 12.8 Å². The van der Waals surface area contributed by atoms with E-state index in [1.165, 1.54) is 25.7 Å². The quantitative estimate of drug-likeness (QED) is 0.414. The average Bonchev–Trinajstić information content (AvgIpc) is 3.34. The molecule has 28 heavy (non-hydrogen) atoms. The van der Waals surface area contributed by atoms with Crippen molar-refractivity contribution in [2.45, 2.75) is 58.1 Å². The lowest BCUT2D eigenvalue weighted by molar-refractivity contribution is 0.000956. The van der Waals surface area contributed by atoms with Gasteiger partial charge < -0.3 is 24.3 Å². The maximum absolute atomic E-state index is 6.21. The first-order chi connectivity index (χ1) is 13.7. The van der Waals surface area contributed by atoms with Crippen LogP contribution in [0.4, 0.5) is 0 Å². The highest BCUT2D eigenvalue weighted by molar-refractivity contribution is 5.80. The molecule has 0 radical (unpaired) electrons. The summed E-state index contributed by atoms with van der Waals surface area (Å²) < 4.78 is 13.4. The van der Waals surface area contributed by atoms with Crippen molar-refractivity contribution in [3.8, 4) is 0 Å². The maximum atomic E-state index is 6.21. The number of guanidine groups is 1. The molecule has 158 valence electrons. The second kappa shape index (κ2) is 10.8. The third-order valence-electron chi connectivity index (χ3n) is 5.93. The van der Waals surface area contributed by atoms with Crippen molar-refractivity contribution in [2.75, 3.05) is 40.0 Å². The molecule has 1 saturated heterocycles. The molecular weight excluding hydrogens is 356 g/mol. The van der Waals surface area contributed by atoms with E-state index in [2.05, 4.69) is 20.4 Å². The van der Waals surface area contributed by atoms with Gasteiger partial charge in [-0.05, 0) is 38.5 Å². The van der Waals surface area contributed by atoms with Crippen molar-refractivity contribution in [3.05, 3.63) is 11.6 Å². The van der Waals surface area contributed by atoms with Gasteiger partial charge in [-0.1, -0.05) is 12.8 Å². The number of likely N-dealkylation sites (tertiary alicyclic amines) is 1. The van der Waals surface area contributed by atoms with Crippen LogP contribution in [0.3, 0.4) is 0 Å². The zero-order valence-corrected chi connectivity index (χ0v) is 17.7. The normalized spacial score (nSPS) is 19.5. The highest BCUT2D eigenvalue weighted by atomic mass is 16.5. The van der Waals surface area contributed by atoms with E-state index in [-0.39, 0.29) is 0 Å². The number of hydrogen-bond acceptors (Lipinski definition) is 5. The summed E-state index contributed by atoms with van der Waals surface area (Å²) in [5, 5.41) is 11.8. The largest absolute Gasteiger partial charge is 0.383 e. The molecule has 0 spiro atoms. The standard InChI is InChI=1S/C20H36N6O2/c1-16-23-24-19(25(16)2)14-22-20(21-10-13-27-3)26-11-8-18(9-12-26)28-15-17-6-4-5-7-17/h17-18H,4-15H2,1-3H3,(H,21,22). The van der Waals surface area contributed by atoms with Crippen molar-refractivity contribution in [1.82, 2.24) is 25.0 Å². The monoisotopic (exact) mass is 392 g/mol. The molecule has 1 aromatic heterocycles. The number of aliphatic imine (C=N–C) groups is 1. The van der Waals surface area contributed by atoms with Crippen LogP contribution in [0.15, 0.2) is 4.99 Å². The number of aromatic nitrogens is 3. The Balaban J connectivity index is 1.51. The molecule has 0 bridgehead atoms. The van der Waals surface area contributed by atoms with Gasteiger partial charge in [0, 0.05) is 40.4 Å². The van der Waals surface area contributed by atoms with E-state index in [9.17, 15) is 0 Å². The van der Waals surface area contributed by atoms with Crippen LogP contribution in [-0.2, 0) is 23.1 Å². The van der Waals surface area contributed by atoms with Crippen molar-refractivity contribution in [1.29, 1.82) is 0 Å². The van der Waals surface area contributed by atoms with E-state index in [1.54, 1.807) is 7.11 Å². The summed E-state index contributed by atoms with van der Waals surface area (Å²) in [5.74, 6) is 3.49. The van der Waals surface area contributed by atoms with E-state index in [4.69, 9.17) is 14.5 Å². The Morgan fingerprint density at radius 3 is 2.57 bits per heavy atom. The first-order valence-corrected chi connectivity index (χ1v) is 10.7. The van der Waals surface area contributed by atoms with Gasteiger partial charge in [-0.2, -0.15) is 0 Å². The molecule has 0 aromatic carbocycles. The van der Waals surface area contributed by atoms with E-state index < -0.39 is 0 Å². The number of aryl methyl sites for hydroxylation is 1. The lowest BCUT2D eigenvalue weighted by Gasteiger charge is -2.34. The summed E-state index contributed by atoms with van der Waals surface area (Å²) in [5.41, 5.74) is 0. The van der Waals surface area contributed by atoms with E-state index in [0.29, 0.717) is 19.3 Å². The minimum atomic E-state index is 0.387. The van der Waals surface area contributed by atoms with E-state index in [1.807, 2.05) is 18.5 Å². The van der Waals surface area contributed by atoms with Crippen LogP contribution in [0.2, 0.25) is 0 Å².